The first-order valence-electron chi connectivity index (χ1n) is 8.09. The van der Waals surface area contributed by atoms with Crippen molar-refractivity contribution in [3.8, 4) is 5.75 Å². The molecule has 0 aromatic heterocycles. The predicted molar refractivity (Wildman–Crippen MR) is 89.4 cm³/mol. The number of rotatable bonds is 4. The molecule has 1 aromatic carbocycles. The highest BCUT2D eigenvalue weighted by Crippen LogP contribution is 2.27. The summed E-state index contributed by atoms with van der Waals surface area (Å²) in [5.41, 5.74) is 0. The fourth-order valence-electron chi connectivity index (χ4n) is 3.41. The van der Waals surface area contributed by atoms with E-state index in [-0.39, 0.29) is 24.1 Å². The van der Waals surface area contributed by atoms with Crippen molar-refractivity contribution in [2.24, 2.45) is 11.8 Å². The Kier molecular flexibility index (Phi) is 6.66. The lowest BCUT2D eigenvalue weighted by atomic mass is 9.92. The zero-order valence-corrected chi connectivity index (χ0v) is 14.0. The molecule has 6 heteroatoms. The lowest BCUT2D eigenvalue weighted by Crippen LogP contribution is -2.33. The van der Waals surface area contributed by atoms with E-state index < -0.39 is 0 Å². The molecule has 2 saturated heterocycles. The number of carbonyl (C=O) groups excluding carboxylic acids is 1. The number of ether oxygens (including phenoxy) is 1. The predicted octanol–water partition coefficient (Wildman–Crippen LogP) is 2.47. The second-order valence-electron chi connectivity index (χ2n) is 6.19. The minimum absolute atomic E-state index is 0. The van der Waals surface area contributed by atoms with Gasteiger partial charge >= 0.3 is 0 Å². The number of amides is 1. The molecule has 23 heavy (non-hydrogen) atoms. The Bertz CT molecular complexity index is 498. The van der Waals surface area contributed by atoms with Crippen molar-refractivity contribution in [2.75, 3.05) is 32.8 Å². The maximum Gasteiger partial charge on any atom is 0.225 e. The van der Waals surface area contributed by atoms with Gasteiger partial charge in [0.1, 0.15) is 11.6 Å². The third-order valence-corrected chi connectivity index (χ3v) is 4.77. The molecule has 0 bridgehead atoms. The number of likely N-dealkylation sites (tertiary alicyclic amines) is 1. The molecule has 2 heterocycles. The van der Waals surface area contributed by atoms with Crippen LogP contribution in [-0.4, -0.2) is 43.6 Å². The van der Waals surface area contributed by atoms with Crippen molar-refractivity contribution in [1.29, 1.82) is 0 Å². The molecule has 2 aliphatic heterocycles. The molecule has 0 aliphatic carbocycles. The summed E-state index contributed by atoms with van der Waals surface area (Å²) in [5.74, 6) is 1.94. The largest absolute Gasteiger partial charge is 0.493 e. The zero-order chi connectivity index (χ0) is 15.4. The smallest absolute Gasteiger partial charge is 0.225 e. The average molecular weight is 343 g/mol. The highest BCUT2D eigenvalue weighted by atomic mass is 35.5. The topological polar surface area (TPSA) is 41.6 Å². The molecule has 2 aliphatic rings. The molecule has 2 atom stereocenters. The minimum Gasteiger partial charge on any atom is -0.493 e. The first-order valence-corrected chi connectivity index (χ1v) is 8.09. The Morgan fingerprint density at radius 3 is 2.39 bits per heavy atom. The normalized spacial score (nSPS) is 23.6. The van der Waals surface area contributed by atoms with Crippen molar-refractivity contribution in [2.45, 2.75) is 19.3 Å². The Balaban J connectivity index is 0.00000192. The van der Waals surface area contributed by atoms with E-state index in [4.69, 9.17) is 4.74 Å². The maximum atomic E-state index is 12.8. The number of benzene rings is 1. The van der Waals surface area contributed by atoms with Crippen LogP contribution in [-0.2, 0) is 4.79 Å². The van der Waals surface area contributed by atoms with Crippen LogP contribution in [0, 0.1) is 17.7 Å². The molecule has 128 valence electrons. The standard InChI is InChI=1S/C17H23FN2O2.ClH/c18-15-1-3-16(4-2-15)22-10-7-17(21)20-8-5-13-11-19-12-14(13)6-9-20;/h1-4,13-14,19H,5-12H2;1H/t13-,14+;. The number of nitrogens with zero attached hydrogens (tertiary/aromatic N) is 1. The van der Waals surface area contributed by atoms with Gasteiger partial charge in [0.15, 0.2) is 0 Å². The summed E-state index contributed by atoms with van der Waals surface area (Å²) < 4.78 is 18.3. The number of carbonyl (C=O) groups is 1. The van der Waals surface area contributed by atoms with Gasteiger partial charge in [-0.25, -0.2) is 4.39 Å². The van der Waals surface area contributed by atoms with Crippen LogP contribution in [0.5, 0.6) is 5.75 Å². The molecule has 2 fully saturated rings. The highest BCUT2D eigenvalue weighted by Gasteiger charge is 2.31. The van der Waals surface area contributed by atoms with E-state index in [0.717, 1.165) is 50.9 Å². The summed E-state index contributed by atoms with van der Waals surface area (Å²) in [6.45, 7) is 4.26. The lowest BCUT2D eigenvalue weighted by Gasteiger charge is -2.21. The number of halogens is 2. The first-order chi connectivity index (χ1) is 10.7. The van der Waals surface area contributed by atoms with Gasteiger partial charge in [0, 0.05) is 13.1 Å². The Morgan fingerprint density at radius 1 is 1.17 bits per heavy atom. The summed E-state index contributed by atoms with van der Waals surface area (Å²) >= 11 is 0. The van der Waals surface area contributed by atoms with Crippen LogP contribution in [0.4, 0.5) is 4.39 Å². The van der Waals surface area contributed by atoms with E-state index in [1.165, 1.54) is 12.1 Å². The number of nitrogens with one attached hydrogen (secondary N) is 1. The van der Waals surface area contributed by atoms with E-state index in [0.29, 0.717) is 18.8 Å². The van der Waals surface area contributed by atoms with Crippen molar-refractivity contribution >= 4 is 18.3 Å². The van der Waals surface area contributed by atoms with Crippen LogP contribution in [0.15, 0.2) is 24.3 Å². The Morgan fingerprint density at radius 2 is 1.78 bits per heavy atom. The number of hydrogen-bond acceptors (Lipinski definition) is 3. The number of fused-ring (bicyclic) bond motifs is 1. The highest BCUT2D eigenvalue weighted by molar-refractivity contribution is 5.85. The minimum atomic E-state index is -0.284. The Labute approximate surface area is 142 Å². The molecule has 0 radical (unpaired) electrons. The summed E-state index contributed by atoms with van der Waals surface area (Å²) in [4.78, 5) is 14.3. The monoisotopic (exact) mass is 342 g/mol. The first kappa shape index (κ1) is 18.0. The average Bonchev–Trinajstić information content (AvgIpc) is 2.87. The zero-order valence-electron chi connectivity index (χ0n) is 13.2. The molecular formula is C17H24ClFN2O2. The van der Waals surface area contributed by atoms with Crippen LogP contribution in [0.25, 0.3) is 0 Å². The van der Waals surface area contributed by atoms with Gasteiger partial charge in [-0.05, 0) is 62.0 Å². The van der Waals surface area contributed by atoms with Crippen molar-refractivity contribution in [3.05, 3.63) is 30.1 Å². The second-order valence-corrected chi connectivity index (χ2v) is 6.19. The van der Waals surface area contributed by atoms with Crippen LogP contribution in [0.1, 0.15) is 19.3 Å². The summed E-state index contributed by atoms with van der Waals surface area (Å²) in [6, 6.07) is 5.89. The van der Waals surface area contributed by atoms with Gasteiger partial charge in [0.05, 0.1) is 13.0 Å². The van der Waals surface area contributed by atoms with Gasteiger partial charge in [-0.1, -0.05) is 0 Å². The maximum absolute atomic E-state index is 12.8. The van der Waals surface area contributed by atoms with E-state index in [1.54, 1.807) is 12.1 Å². The van der Waals surface area contributed by atoms with E-state index >= 15 is 0 Å². The van der Waals surface area contributed by atoms with Gasteiger partial charge in [-0.15, -0.1) is 12.4 Å². The summed E-state index contributed by atoms with van der Waals surface area (Å²) in [5, 5.41) is 3.44. The van der Waals surface area contributed by atoms with Gasteiger partial charge < -0.3 is 15.0 Å². The van der Waals surface area contributed by atoms with Gasteiger partial charge in [-0.3, -0.25) is 4.79 Å². The lowest BCUT2D eigenvalue weighted by molar-refractivity contribution is -0.131. The third-order valence-electron chi connectivity index (χ3n) is 4.77. The van der Waals surface area contributed by atoms with Crippen LogP contribution in [0.3, 0.4) is 0 Å². The SMILES string of the molecule is Cl.O=C(CCOc1ccc(F)cc1)N1CC[C@@H]2CNC[C@@H]2CC1. The van der Waals surface area contributed by atoms with Crippen LogP contribution in [0.2, 0.25) is 0 Å². The van der Waals surface area contributed by atoms with Gasteiger partial charge in [-0.2, -0.15) is 0 Å². The molecule has 0 spiro atoms. The van der Waals surface area contributed by atoms with Gasteiger partial charge in [0.25, 0.3) is 0 Å². The third kappa shape index (κ3) is 4.82. The van der Waals surface area contributed by atoms with Crippen molar-refractivity contribution in [3.63, 3.8) is 0 Å². The molecular weight excluding hydrogens is 319 g/mol. The molecule has 1 amide bonds. The van der Waals surface area contributed by atoms with E-state index in [9.17, 15) is 9.18 Å². The van der Waals surface area contributed by atoms with E-state index in [2.05, 4.69) is 5.32 Å². The molecule has 1 N–H and O–H groups in total. The Hall–Kier alpha value is -1.33. The van der Waals surface area contributed by atoms with Gasteiger partial charge in [0.2, 0.25) is 5.91 Å². The fourth-order valence-corrected chi connectivity index (χ4v) is 3.41. The quantitative estimate of drug-likeness (QED) is 0.914. The molecule has 0 unspecified atom stereocenters. The summed E-state index contributed by atoms with van der Waals surface area (Å²) in [6.07, 6.45) is 2.58. The van der Waals surface area contributed by atoms with E-state index in [1.807, 2.05) is 4.90 Å². The fraction of sp³-hybridized carbons (Fsp3) is 0.588. The van der Waals surface area contributed by atoms with Crippen LogP contribution < -0.4 is 10.1 Å². The number of hydrogen-bond donors (Lipinski definition) is 1. The summed E-state index contributed by atoms with van der Waals surface area (Å²) in [7, 11) is 0. The van der Waals surface area contributed by atoms with Crippen molar-refractivity contribution in [1.82, 2.24) is 10.2 Å². The molecule has 3 rings (SSSR count). The molecule has 0 saturated carbocycles. The molecule has 1 aromatic rings. The second kappa shape index (κ2) is 8.50. The van der Waals surface area contributed by atoms with Crippen molar-refractivity contribution < 1.29 is 13.9 Å². The molecule has 4 nitrogen and oxygen atoms in total. The van der Waals surface area contributed by atoms with Crippen LogP contribution >= 0.6 is 12.4 Å².